The molecule has 0 atom stereocenters. The van der Waals surface area contributed by atoms with Crippen LogP contribution in [0.1, 0.15) is 43.2 Å². The highest BCUT2D eigenvalue weighted by Gasteiger charge is 2.36. The first-order valence-electron chi connectivity index (χ1n) is 7.22. The molecule has 0 aliphatic heterocycles. The maximum atomic E-state index is 13.1. The minimum absolute atomic E-state index is 0.109. The van der Waals surface area contributed by atoms with Gasteiger partial charge in [-0.3, -0.25) is 0 Å². The third-order valence-electron chi connectivity index (χ3n) is 4.47. The van der Waals surface area contributed by atoms with E-state index in [0.717, 1.165) is 31.2 Å². The summed E-state index contributed by atoms with van der Waals surface area (Å²) in [4.78, 5) is 0. The molecule has 0 radical (unpaired) electrons. The van der Waals surface area contributed by atoms with Gasteiger partial charge in [0.15, 0.2) is 11.5 Å². The minimum Gasteiger partial charge on any atom is -0.493 e. The number of halogens is 1. The summed E-state index contributed by atoms with van der Waals surface area (Å²) in [6.07, 6.45) is 5.60. The van der Waals surface area contributed by atoms with E-state index in [1.807, 2.05) is 6.07 Å². The molecule has 0 unspecified atom stereocenters. The van der Waals surface area contributed by atoms with Crippen molar-refractivity contribution in [3.8, 4) is 11.5 Å². The molecule has 2 rings (SSSR count). The molecule has 0 heterocycles. The van der Waals surface area contributed by atoms with E-state index in [0.29, 0.717) is 23.6 Å². The third-order valence-corrected chi connectivity index (χ3v) is 4.47. The zero-order valence-corrected chi connectivity index (χ0v) is 12.4. The normalized spacial score (nSPS) is 17.8. The number of ether oxygens (including phenoxy) is 2. The third kappa shape index (κ3) is 2.62. The quantitative estimate of drug-likeness (QED) is 0.900. The van der Waals surface area contributed by atoms with Gasteiger partial charge in [-0.15, -0.1) is 0 Å². The highest BCUT2D eigenvalue weighted by atomic mass is 19.1. The van der Waals surface area contributed by atoms with Gasteiger partial charge in [0.2, 0.25) is 0 Å². The van der Waals surface area contributed by atoms with Crippen molar-refractivity contribution >= 4 is 0 Å². The molecule has 0 saturated heterocycles. The van der Waals surface area contributed by atoms with Crippen LogP contribution in [0.4, 0.5) is 4.39 Å². The average molecular weight is 281 g/mol. The van der Waals surface area contributed by atoms with Crippen LogP contribution >= 0.6 is 0 Å². The summed E-state index contributed by atoms with van der Waals surface area (Å²) in [5.41, 5.74) is 7.61. The predicted molar refractivity (Wildman–Crippen MR) is 78.2 cm³/mol. The molecule has 4 heteroatoms. The zero-order valence-electron chi connectivity index (χ0n) is 12.4. The van der Waals surface area contributed by atoms with E-state index in [1.165, 1.54) is 6.42 Å². The van der Waals surface area contributed by atoms with Crippen molar-refractivity contribution in [2.75, 3.05) is 20.8 Å². The Morgan fingerprint density at radius 1 is 1.15 bits per heavy atom. The highest BCUT2D eigenvalue weighted by molar-refractivity contribution is 5.53. The van der Waals surface area contributed by atoms with Crippen LogP contribution in [0.5, 0.6) is 11.5 Å². The van der Waals surface area contributed by atoms with E-state index in [9.17, 15) is 4.39 Å². The van der Waals surface area contributed by atoms with Crippen LogP contribution in [0, 0.1) is 0 Å². The van der Waals surface area contributed by atoms with E-state index in [1.54, 1.807) is 20.3 Å². The predicted octanol–water partition coefficient (Wildman–Crippen LogP) is 3.33. The number of hydrogen-bond donors (Lipinski definition) is 1. The van der Waals surface area contributed by atoms with Crippen LogP contribution in [0.25, 0.3) is 0 Å². The SMILES string of the molecule is COc1cc(CF)cc(C2(CN)CCCCC2)c1OC. The van der Waals surface area contributed by atoms with Crippen LogP contribution in [0.3, 0.4) is 0 Å². The minimum atomic E-state index is -0.506. The lowest BCUT2D eigenvalue weighted by Crippen LogP contribution is -2.37. The summed E-state index contributed by atoms with van der Waals surface area (Å²) in [5, 5.41) is 0. The van der Waals surface area contributed by atoms with Gasteiger partial charge in [-0.1, -0.05) is 19.3 Å². The van der Waals surface area contributed by atoms with E-state index in [4.69, 9.17) is 15.2 Å². The lowest BCUT2D eigenvalue weighted by Gasteiger charge is -2.38. The fourth-order valence-corrected chi connectivity index (χ4v) is 3.30. The zero-order chi connectivity index (χ0) is 14.6. The Balaban J connectivity index is 2.57. The second-order valence-corrected chi connectivity index (χ2v) is 5.56. The van der Waals surface area contributed by atoms with Gasteiger partial charge in [0.1, 0.15) is 6.67 Å². The summed E-state index contributed by atoms with van der Waals surface area (Å²) in [6.45, 7) is 0.0518. The van der Waals surface area contributed by atoms with Gasteiger partial charge < -0.3 is 15.2 Å². The second-order valence-electron chi connectivity index (χ2n) is 5.56. The summed E-state index contributed by atoms with van der Waals surface area (Å²) >= 11 is 0. The summed E-state index contributed by atoms with van der Waals surface area (Å²) in [6, 6.07) is 3.61. The molecule has 112 valence electrons. The number of benzene rings is 1. The Bertz CT molecular complexity index is 456. The molecule has 1 fully saturated rings. The van der Waals surface area contributed by atoms with Gasteiger partial charge in [0.05, 0.1) is 14.2 Å². The molecule has 0 aromatic heterocycles. The van der Waals surface area contributed by atoms with Gasteiger partial charge in [-0.25, -0.2) is 4.39 Å². The Morgan fingerprint density at radius 2 is 1.85 bits per heavy atom. The lowest BCUT2D eigenvalue weighted by atomic mass is 9.69. The van der Waals surface area contributed by atoms with Gasteiger partial charge >= 0.3 is 0 Å². The van der Waals surface area contributed by atoms with Gasteiger partial charge in [-0.2, -0.15) is 0 Å². The number of hydrogen-bond acceptors (Lipinski definition) is 3. The largest absolute Gasteiger partial charge is 0.493 e. The topological polar surface area (TPSA) is 44.5 Å². The molecule has 1 aromatic carbocycles. The van der Waals surface area contributed by atoms with E-state index in [2.05, 4.69) is 0 Å². The number of nitrogens with two attached hydrogens (primary N) is 1. The highest BCUT2D eigenvalue weighted by Crippen LogP contribution is 2.46. The maximum Gasteiger partial charge on any atom is 0.164 e. The molecule has 2 N–H and O–H groups in total. The Kier molecular flexibility index (Phi) is 4.86. The molecular formula is C16H24FNO2. The van der Waals surface area contributed by atoms with Crippen LogP contribution in [-0.4, -0.2) is 20.8 Å². The first kappa shape index (κ1) is 15.1. The maximum absolute atomic E-state index is 13.1. The van der Waals surface area contributed by atoms with Crippen LogP contribution in [0.2, 0.25) is 0 Å². The van der Waals surface area contributed by atoms with Gasteiger partial charge in [0.25, 0.3) is 0 Å². The van der Waals surface area contributed by atoms with Crippen LogP contribution < -0.4 is 15.2 Å². The lowest BCUT2D eigenvalue weighted by molar-refractivity contribution is 0.280. The van der Waals surface area contributed by atoms with E-state index < -0.39 is 6.67 Å². The van der Waals surface area contributed by atoms with Crippen molar-refractivity contribution < 1.29 is 13.9 Å². The number of methoxy groups -OCH3 is 2. The van der Waals surface area contributed by atoms with E-state index in [-0.39, 0.29) is 5.41 Å². The summed E-state index contributed by atoms with van der Waals surface area (Å²) < 4.78 is 24.0. The molecule has 3 nitrogen and oxygen atoms in total. The van der Waals surface area contributed by atoms with Crippen molar-refractivity contribution in [1.29, 1.82) is 0 Å². The Labute approximate surface area is 120 Å². The Morgan fingerprint density at radius 3 is 2.35 bits per heavy atom. The van der Waals surface area contributed by atoms with E-state index >= 15 is 0 Å². The van der Waals surface area contributed by atoms with Gasteiger partial charge in [0, 0.05) is 17.5 Å². The molecule has 0 spiro atoms. The molecular weight excluding hydrogens is 257 g/mol. The van der Waals surface area contributed by atoms with Gasteiger partial charge in [-0.05, 0) is 30.5 Å². The molecule has 20 heavy (non-hydrogen) atoms. The molecule has 1 aliphatic rings. The smallest absolute Gasteiger partial charge is 0.164 e. The molecule has 0 amide bonds. The standard InChI is InChI=1S/C16H24FNO2/c1-19-14-9-12(10-17)8-13(15(14)20-2)16(11-18)6-4-3-5-7-16/h8-9H,3-7,10-11,18H2,1-2H3. The van der Waals surface area contributed by atoms with Crippen LogP contribution in [0.15, 0.2) is 12.1 Å². The summed E-state index contributed by atoms with van der Waals surface area (Å²) in [5.74, 6) is 1.30. The Hall–Kier alpha value is -1.29. The van der Waals surface area contributed by atoms with Crippen molar-refractivity contribution in [3.05, 3.63) is 23.3 Å². The van der Waals surface area contributed by atoms with Crippen molar-refractivity contribution in [3.63, 3.8) is 0 Å². The molecule has 1 aliphatic carbocycles. The monoisotopic (exact) mass is 281 g/mol. The number of rotatable bonds is 5. The fraction of sp³-hybridized carbons (Fsp3) is 0.625. The van der Waals surface area contributed by atoms with Crippen molar-refractivity contribution in [1.82, 2.24) is 0 Å². The molecule has 0 bridgehead atoms. The number of alkyl halides is 1. The first-order chi connectivity index (χ1) is 9.70. The van der Waals surface area contributed by atoms with Crippen LogP contribution in [-0.2, 0) is 12.1 Å². The first-order valence-corrected chi connectivity index (χ1v) is 7.22. The average Bonchev–Trinajstić information content (AvgIpc) is 2.53. The fourth-order valence-electron chi connectivity index (χ4n) is 3.30. The molecule has 1 aromatic rings. The second kappa shape index (κ2) is 6.44. The summed E-state index contributed by atoms with van der Waals surface area (Å²) in [7, 11) is 3.21. The van der Waals surface area contributed by atoms with Crippen molar-refractivity contribution in [2.45, 2.75) is 44.2 Å². The molecule has 1 saturated carbocycles. The van der Waals surface area contributed by atoms with Crippen molar-refractivity contribution in [2.24, 2.45) is 5.73 Å².